The number of carbonyl (C=O) groups is 1. The van der Waals surface area contributed by atoms with Gasteiger partial charge in [-0.25, -0.2) is 0 Å². The van der Waals surface area contributed by atoms with Gasteiger partial charge in [0, 0.05) is 36.3 Å². The molecule has 126 valence electrons. The van der Waals surface area contributed by atoms with Crippen LogP contribution < -0.4 is 10.6 Å². The highest BCUT2D eigenvalue weighted by molar-refractivity contribution is 5.95. The lowest BCUT2D eigenvalue weighted by Gasteiger charge is -2.37. The van der Waals surface area contributed by atoms with Gasteiger partial charge in [-0.2, -0.15) is 0 Å². The lowest BCUT2D eigenvalue weighted by atomic mass is 9.79. The molecule has 1 aliphatic heterocycles. The summed E-state index contributed by atoms with van der Waals surface area (Å²) in [5.74, 6) is -0.290. The second kappa shape index (κ2) is 7.52. The largest absolute Gasteiger partial charge is 0.384 e. The summed E-state index contributed by atoms with van der Waals surface area (Å²) in [4.78, 5) is 22.9. The van der Waals surface area contributed by atoms with Crippen molar-refractivity contribution >= 4 is 11.6 Å². The predicted octanol–water partition coefficient (Wildman–Crippen LogP) is 1.65. The number of nitrogens with one attached hydrogen (secondary N) is 2. The summed E-state index contributed by atoms with van der Waals surface area (Å²) in [7, 11) is 1.66. The maximum Gasteiger partial charge on any atom is 0.273 e. The molecule has 1 amide bonds. The zero-order valence-corrected chi connectivity index (χ0v) is 13.6. The Bertz CT molecular complexity index is 577. The molecule has 1 heterocycles. The molecule has 0 atom stereocenters. The summed E-state index contributed by atoms with van der Waals surface area (Å²) in [6, 6.07) is 4.54. The first kappa shape index (κ1) is 17.4. The number of carbonyl (C=O) groups excluding carboxylic acids is 1. The highest BCUT2D eigenvalue weighted by atomic mass is 16.6. The molecule has 7 heteroatoms. The minimum atomic E-state index is -0.467. The molecule has 1 aliphatic rings. The third-order valence-corrected chi connectivity index (χ3v) is 4.41. The molecule has 0 aliphatic carbocycles. The molecule has 0 bridgehead atoms. The van der Waals surface area contributed by atoms with Gasteiger partial charge in [-0.15, -0.1) is 0 Å². The van der Waals surface area contributed by atoms with Crippen LogP contribution >= 0.6 is 0 Å². The normalized spacial score (nSPS) is 16.8. The summed E-state index contributed by atoms with van der Waals surface area (Å²) < 4.78 is 5.32. The maximum absolute atomic E-state index is 12.3. The Balaban J connectivity index is 2.06. The van der Waals surface area contributed by atoms with Crippen molar-refractivity contribution in [3.05, 3.63) is 39.4 Å². The smallest absolute Gasteiger partial charge is 0.273 e. The van der Waals surface area contributed by atoms with Gasteiger partial charge < -0.3 is 15.4 Å². The number of methoxy groups -OCH3 is 1. The standard InChI is InChI=1S/C16H23N3O4/c1-12-3-4-13(9-14(12)19(21)22)15(20)18-10-16(11-23-2)5-7-17-8-6-16/h3-4,9,17H,5-8,10-11H2,1-2H3,(H,18,20). The highest BCUT2D eigenvalue weighted by Gasteiger charge is 2.32. The molecule has 1 aromatic carbocycles. The van der Waals surface area contributed by atoms with Crippen LogP contribution in [0.3, 0.4) is 0 Å². The van der Waals surface area contributed by atoms with E-state index < -0.39 is 4.92 Å². The van der Waals surface area contributed by atoms with E-state index >= 15 is 0 Å². The average molecular weight is 321 g/mol. The average Bonchev–Trinajstić information content (AvgIpc) is 2.54. The quantitative estimate of drug-likeness (QED) is 0.614. The van der Waals surface area contributed by atoms with Crippen LogP contribution in [0.1, 0.15) is 28.8 Å². The van der Waals surface area contributed by atoms with E-state index in [1.807, 2.05) is 0 Å². The van der Waals surface area contributed by atoms with Gasteiger partial charge in [0.2, 0.25) is 0 Å². The van der Waals surface area contributed by atoms with E-state index in [9.17, 15) is 14.9 Å². The van der Waals surface area contributed by atoms with Crippen LogP contribution in [0.5, 0.6) is 0 Å². The number of amides is 1. The van der Waals surface area contributed by atoms with Gasteiger partial charge in [0.15, 0.2) is 0 Å². The van der Waals surface area contributed by atoms with Crippen molar-refractivity contribution in [2.75, 3.05) is 33.4 Å². The minimum Gasteiger partial charge on any atom is -0.384 e. The van der Waals surface area contributed by atoms with Crippen LogP contribution in [0.2, 0.25) is 0 Å². The van der Waals surface area contributed by atoms with Crippen LogP contribution in [-0.2, 0) is 4.74 Å². The lowest BCUT2D eigenvalue weighted by Crippen LogP contribution is -2.47. The zero-order chi connectivity index (χ0) is 16.9. The number of rotatable bonds is 6. The Hall–Kier alpha value is -1.99. The van der Waals surface area contributed by atoms with E-state index in [0.717, 1.165) is 25.9 Å². The predicted molar refractivity (Wildman–Crippen MR) is 86.6 cm³/mol. The second-order valence-corrected chi connectivity index (χ2v) is 6.12. The van der Waals surface area contributed by atoms with E-state index in [1.165, 1.54) is 6.07 Å². The minimum absolute atomic E-state index is 0.0360. The van der Waals surface area contributed by atoms with Crippen LogP contribution in [0.15, 0.2) is 18.2 Å². The summed E-state index contributed by atoms with van der Waals surface area (Å²) in [6.07, 6.45) is 1.85. The molecule has 7 nitrogen and oxygen atoms in total. The van der Waals surface area contributed by atoms with E-state index in [-0.39, 0.29) is 17.0 Å². The third kappa shape index (κ3) is 4.27. The van der Waals surface area contributed by atoms with Gasteiger partial charge in [-0.3, -0.25) is 14.9 Å². The Labute approximate surface area is 135 Å². The molecule has 0 unspecified atom stereocenters. The number of aryl methyl sites for hydroxylation is 1. The molecule has 2 N–H and O–H groups in total. The van der Waals surface area contributed by atoms with E-state index in [0.29, 0.717) is 24.3 Å². The SMILES string of the molecule is COCC1(CNC(=O)c2ccc(C)c([N+](=O)[O-])c2)CCNCC1. The Morgan fingerprint density at radius 2 is 2.13 bits per heavy atom. The topological polar surface area (TPSA) is 93.5 Å². The fourth-order valence-electron chi connectivity index (χ4n) is 2.95. The van der Waals surface area contributed by atoms with Crippen molar-refractivity contribution in [2.24, 2.45) is 5.41 Å². The van der Waals surface area contributed by atoms with Gasteiger partial charge in [0.05, 0.1) is 11.5 Å². The Morgan fingerprint density at radius 1 is 1.43 bits per heavy atom. The molecule has 1 aromatic rings. The number of nitro benzene ring substituents is 1. The molecule has 0 spiro atoms. The number of nitro groups is 1. The number of hydrogen-bond donors (Lipinski definition) is 2. The summed E-state index contributed by atoms with van der Waals surface area (Å²) in [5, 5.41) is 17.2. The maximum atomic E-state index is 12.3. The number of benzene rings is 1. The Kier molecular flexibility index (Phi) is 5.68. The van der Waals surface area contributed by atoms with Crippen LogP contribution in [0.4, 0.5) is 5.69 Å². The fourth-order valence-corrected chi connectivity index (χ4v) is 2.95. The first-order valence-electron chi connectivity index (χ1n) is 7.70. The summed E-state index contributed by atoms with van der Waals surface area (Å²) in [5.41, 5.74) is 0.738. The van der Waals surface area contributed by atoms with E-state index in [1.54, 1.807) is 26.2 Å². The molecule has 2 rings (SSSR count). The molecule has 23 heavy (non-hydrogen) atoms. The zero-order valence-electron chi connectivity index (χ0n) is 13.6. The van der Waals surface area contributed by atoms with Crippen LogP contribution in [0, 0.1) is 22.5 Å². The molecular formula is C16H23N3O4. The van der Waals surface area contributed by atoms with E-state index in [4.69, 9.17) is 4.74 Å². The van der Waals surface area contributed by atoms with Gasteiger partial charge in [-0.1, -0.05) is 6.07 Å². The van der Waals surface area contributed by atoms with Crippen LogP contribution in [0.25, 0.3) is 0 Å². The monoisotopic (exact) mass is 321 g/mol. The molecular weight excluding hydrogens is 298 g/mol. The van der Waals surface area contributed by atoms with Crippen molar-refractivity contribution in [1.29, 1.82) is 0 Å². The second-order valence-electron chi connectivity index (χ2n) is 6.12. The highest BCUT2D eigenvalue weighted by Crippen LogP contribution is 2.28. The lowest BCUT2D eigenvalue weighted by molar-refractivity contribution is -0.385. The van der Waals surface area contributed by atoms with Gasteiger partial charge in [-0.05, 0) is 38.9 Å². The van der Waals surface area contributed by atoms with Crippen molar-refractivity contribution in [1.82, 2.24) is 10.6 Å². The number of nitrogens with zero attached hydrogens (tertiary/aromatic N) is 1. The fraction of sp³-hybridized carbons (Fsp3) is 0.562. The van der Waals surface area contributed by atoms with Gasteiger partial charge in [0.25, 0.3) is 11.6 Å². The molecule has 0 aromatic heterocycles. The van der Waals surface area contributed by atoms with Crippen molar-refractivity contribution in [3.8, 4) is 0 Å². The summed E-state index contributed by atoms with van der Waals surface area (Å²) in [6.45, 7) is 4.54. The van der Waals surface area contributed by atoms with Crippen molar-refractivity contribution in [2.45, 2.75) is 19.8 Å². The molecule has 0 saturated carbocycles. The van der Waals surface area contributed by atoms with Gasteiger partial charge in [0.1, 0.15) is 0 Å². The van der Waals surface area contributed by atoms with Gasteiger partial charge >= 0.3 is 0 Å². The number of hydrogen-bond acceptors (Lipinski definition) is 5. The van der Waals surface area contributed by atoms with Crippen LogP contribution in [-0.4, -0.2) is 44.2 Å². The first-order valence-corrected chi connectivity index (χ1v) is 7.70. The summed E-state index contributed by atoms with van der Waals surface area (Å²) >= 11 is 0. The third-order valence-electron chi connectivity index (χ3n) is 4.41. The Morgan fingerprint density at radius 3 is 2.74 bits per heavy atom. The number of piperidine rings is 1. The van der Waals surface area contributed by atoms with Crippen molar-refractivity contribution < 1.29 is 14.5 Å². The molecule has 1 fully saturated rings. The number of ether oxygens (including phenoxy) is 1. The molecule has 1 saturated heterocycles. The molecule has 0 radical (unpaired) electrons. The van der Waals surface area contributed by atoms with Crippen molar-refractivity contribution in [3.63, 3.8) is 0 Å². The first-order chi connectivity index (χ1) is 11.0. The van der Waals surface area contributed by atoms with E-state index in [2.05, 4.69) is 10.6 Å².